The van der Waals surface area contributed by atoms with Crippen molar-refractivity contribution in [3.63, 3.8) is 0 Å². The monoisotopic (exact) mass is 389 g/mol. The normalized spacial score (nSPS) is 14.8. The molecular weight excluding hydrogens is 374 g/mol. The Bertz CT molecular complexity index is 892. The Balaban J connectivity index is 1.74. The minimum Gasteiger partial charge on any atom is -0.366 e. The van der Waals surface area contributed by atoms with E-state index < -0.39 is 9.85 Å². The van der Waals surface area contributed by atoms with Crippen molar-refractivity contribution in [2.24, 2.45) is 5.92 Å². The summed E-state index contributed by atoms with van der Waals surface area (Å²) in [4.78, 5) is 35.3. The third kappa shape index (κ3) is 4.06. The lowest BCUT2D eigenvalue weighted by molar-refractivity contribution is -0.393. The lowest BCUT2D eigenvalue weighted by atomic mass is 9.88. The maximum absolute atomic E-state index is 12.6. The number of hydrogen-bond acceptors (Lipinski definition) is 6. The lowest BCUT2D eigenvalue weighted by Crippen LogP contribution is -2.36. The van der Waals surface area contributed by atoms with Gasteiger partial charge in [-0.3, -0.25) is 25.0 Å². The average Bonchev–Trinajstić information content (AvgIpc) is 2.67. The number of piperidine rings is 1. The van der Waals surface area contributed by atoms with E-state index in [4.69, 9.17) is 11.6 Å². The van der Waals surface area contributed by atoms with Gasteiger partial charge in [0.15, 0.2) is 5.78 Å². The highest BCUT2D eigenvalue weighted by atomic mass is 35.5. The van der Waals surface area contributed by atoms with Gasteiger partial charge in [0.25, 0.3) is 11.4 Å². The Morgan fingerprint density at radius 2 is 1.63 bits per heavy atom. The number of carbonyl (C=O) groups is 1. The number of carbonyl (C=O) groups excluding carboxylic acids is 1. The molecule has 0 atom stereocenters. The summed E-state index contributed by atoms with van der Waals surface area (Å²) >= 11 is 5.84. The number of non-ortho nitro benzene ring substituents is 1. The first kappa shape index (κ1) is 18.8. The molecule has 8 nitrogen and oxygen atoms in total. The minimum absolute atomic E-state index is 0.0320. The van der Waals surface area contributed by atoms with E-state index in [0.717, 1.165) is 6.07 Å². The van der Waals surface area contributed by atoms with Crippen molar-refractivity contribution in [2.75, 3.05) is 18.0 Å². The molecule has 0 N–H and O–H groups in total. The van der Waals surface area contributed by atoms with Crippen LogP contribution in [0.3, 0.4) is 0 Å². The molecule has 27 heavy (non-hydrogen) atoms. The molecule has 2 aromatic carbocycles. The van der Waals surface area contributed by atoms with E-state index in [-0.39, 0.29) is 23.1 Å². The maximum atomic E-state index is 12.6. The number of nitro benzene ring substituents is 2. The fourth-order valence-corrected chi connectivity index (χ4v) is 3.40. The van der Waals surface area contributed by atoms with Crippen molar-refractivity contribution < 1.29 is 14.6 Å². The van der Waals surface area contributed by atoms with Crippen LogP contribution in [-0.4, -0.2) is 28.7 Å². The molecule has 2 aromatic rings. The minimum atomic E-state index is -0.659. The van der Waals surface area contributed by atoms with Crippen LogP contribution in [0.5, 0.6) is 0 Å². The second-order valence-corrected chi connectivity index (χ2v) is 6.76. The van der Waals surface area contributed by atoms with Crippen LogP contribution >= 0.6 is 11.6 Å². The highest BCUT2D eigenvalue weighted by molar-refractivity contribution is 6.30. The average molecular weight is 390 g/mol. The molecule has 0 saturated carbocycles. The van der Waals surface area contributed by atoms with E-state index in [0.29, 0.717) is 42.2 Å². The van der Waals surface area contributed by atoms with Gasteiger partial charge in [0.2, 0.25) is 0 Å². The van der Waals surface area contributed by atoms with E-state index in [9.17, 15) is 25.0 Å². The van der Waals surface area contributed by atoms with E-state index in [1.54, 1.807) is 29.2 Å². The second kappa shape index (κ2) is 7.71. The number of hydrogen-bond donors (Lipinski definition) is 0. The zero-order chi connectivity index (χ0) is 19.6. The molecule has 0 aromatic heterocycles. The molecule has 140 valence electrons. The van der Waals surface area contributed by atoms with Gasteiger partial charge in [-0.2, -0.15) is 0 Å². The number of halogens is 1. The van der Waals surface area contributed by atoms with Crippen molar-refractivity contribution in [2.45, 2.75) is 12.8 Å². The van der Waals surface area contributed by atoms with Crippen LogP contribution in [0.15, 0.2) is 42.5 Å². The summed E-state index contributed by atoms with van der Waals surface area (Å²) in [6.07, 6.45) is 1.10. The second-order valence-electron chi connectivity index (χ2n) is 6.32. The fourth-order valence-electron chi connectivity index (χ4n) is 3.27. The molecule has 0 bridgehead atoms. The molecule has 0 radical (unpaired) electrons. The van der Waals surface area contributed by atoms with Crippen molar-refractivity contribution in [1.82, 2.24) is 0 Å². The highest BCUT2D eigenvalue weighted by Crippen LogP contribution is 2.35. The maximum Gasteiger partial charge on any atom is 0.299 e. The first-order valence-electron chi connectivity index (χ1n) is 8.34. The van der Waals surface area contributed by atoms with Gasteiger partial charge in [-0.25, -0.2) is 0 Å². The van der Waals surface area contributed by atoms with Gasteiger partial charge < -0.3 is 4.90 Å². The summed E-state index contributed by atoms with van der Waals surface area (Å²) in [5, 5.41) is 22.7. The quantitative estimate of drug-likeness (QED) is 0.429. The Labute approximate surface area is 159 Å². The van der Waals surface area contributed by atoms with Gasteiger partial charge in [0.1, 0.15) is 5.69 Å². The summed E-state index contributed by atoms with van der Waals surface area (Å²) < 4.78 is 0. The van der Waals surface area contributed by atoms with Crippen LogP contribution < -0.4 is 4.90 Å². The van der Waals surface area contributed by atoms with Crippen LogP contribution in [0, 0.1) is 26.1 Å². The van der Waals surface area contributed by atoms with E-state index in [1.165, 1.54) is 12.1 Å². The number of nitrogens with zero attached hydrogens (tertiary/aromatic N) is 3. The van der Waals surface area contributed by atoms with E-state index in [2.05, 4.69) is 0 Å². The third-order valence-corrected chi connectivity index (χ3v) is 4.95. The molecule has 0 unspecified atom stereocenters. The zero-order valence-electron chi connectivity index (χ0n) is 14.2. The molecule has 1 fully saturated rings. The first-order valence-corrected chi connectivity index (χ1v) is 8.72. The topological polar surface area (TPSA) is 107 Å². The summed E-state index contributed by atoms with van der Waals surface area (Å²) in [6.45, 7) is 0.922. The van der Waals surface area contributed by atoms with Gasteiger partial charge in [-0.15, -0.1) is 0 Å². The number of anilines is 1. The van der Waals surface area contributed by atoms with Gasteiger partial charge in [0, 0.05) is 35.7 Å². The van der Waals surface area contributed by atoms with Crippen LogP contribution in [0.25, 0.3) is 0 Å². The Morgan fingerprint density at radius 1 is 1.00 bits per heavy atom. The largest absolute Gasteiger partial charge is 0.366 e. The van der Waals surface area contributed by atoms with E-state index in [1.807, 2.05) is 0 Å². The molecule has 1 heterocycles. The van der Waals surface area contributed by atoms with Crippen molar-refractivity contribution >= 4 is 34.4 Å². The summed E-state index contributed by atoms with van der Waals surface area (Å²) in [7, 11) is 0. The molecule has 1 aliphatic rings. The zero-order valence-corrected chi connectivity index (χ0v) is 15.0. The molecule has 0 amide bonds. The number of benzene rings is 2. The SMILES string of the molecule is O=C(c1ccc(Cl)cc1)C1CCN(c2ccc([N+](=O)[O-])cc2[N+](=O)[O-])CC1. The highest BCUT2D eigenvalue weighted by Gasteiger charge is 2.30. The van der Waals surface area contributed by atoms with Crippen molar-refractivity contribution in [3.8, 4) is 0 Å². The summed E-state index contributed by atoms with van der Waals surface area (Å²) in [5.41, 5.74) is 0.312. The van der Waals surface area contributed by atoms with Crippen LogP contribution in [-0.2, 0) is 0 Å². The van der Waals surface area contributed by atoms with E-state index >= 15 is 0 Å². The molecule has 0 spiro atoms. The fraction of sp³-hybridized carbons (Fsp3) is 0.278. The van der Waals surface area contributed by atoms with Gasteiger partial charge in [-0.1, -0.05) is 11.6 Å². The molecule has 3 rings (SSSR count). The smallest absolute Gasteiger partial charge is 0.299 e. The molecule has 1 aliphatic heterocycles. The van der Waals surface area contributed by atoms with Crippen LogP contribution in [0.2, 0.25) is 5.02 Å². The Morgan fingerprint density at radius 3 is 2.19 bits per heavy atom. The molecule has 1 saturated heterocycles. The lowest BCUT2D eigenvalue weighted by Gasteiger charge is -2.32. The van der Waals surface area contributed by atoms with Crippen molar-refractivity contribution in [1.29, 1.82) is 0 Å². The van der Waals surface area contributed by atoms with Gasteiger partial charge in [0.05, 0.1) is 15.9 Å². The number of ketones is 1. The third-order valence-electron chi connectivity index (χ3n) is 4.70. The number of Topliss-reactive ketones (excluding diaryl/α,β-unsaturated/α-hetero) is 1. The van der Waals surface area contributed by atoms with Crippen LogP contribution in [0.4, 0.5) is 17.1 Å². The first-order chi connectivity index (χ1) is 12.9. The molecular formula is C18H16ClN3O5. The van der Waals surface area contributed by atoms with Gasteiger partial charge >= 0.3 is 0 Å². The van der Waals surface area contributed by atoms with Gasteiger partial charge in [-0.05, 0) is 43.2 Å². The Kier molecular flexibility index (Phi) is 5.36. The molecule has 0 aliphatic carbocycles. The number of rotatable bonds is 5. The summed E-state index contributed by atoms with van der Waals surface area (Å²) in [5.74, 6) is -0.135. The predicted octanol–water partition coefficient (Wildman–Crippen LogP) is 4.26. The Hall–Kier alpha value is -3.00. The molecule has 9 heteroatoms. The number of nitro groups is 2. The standard InChI is InChI=1S/C18H16ClN3O5/c19-14-3-1-12(2-4-14)18(23)13-7-9-20(10-8-13)16-6-5-15(21(24)25)11-17(16)22(26)27/h1-6,11,13H,7-10H2. The van der Waals surface area contributed by atoms with Crippen LogP contribution in [0.1, 0.15) is 23.2 Å². The predicted molar refractivity (Wildman–Crippen MR) is 100 cm³/mol. The summed E-state index contributed by atoms with van der Waals surface area (Å²) in [6, 6.07) is 10.4. The van der Waals surface area contributed by atoms with Crippen molar-refractivity contribution in [3.05, 3.63) is 73.3 Å².